The molecule has 0 heterocycles. The first-order valence-electron chi connectivity index (χ1n) is 4.30. The van der Waals surface area contributed by atoms with Gasteiger partial charge >= 0.3 is 12.1 Å². The first kappa shape index (κ1) is 12.4. The third kappa shape index (κ3) is 2.44. The largest absolute Gasteiger partial charge is 0.496 e. The van der Waals surface area contributed by atoms with E-state index in [0.717, 1.165) is 6.07 Å². The molecule has 0 amide bonds. The van der Waals surface area contributed by atoms with E-state index in [-0.39, 0.29) is 5.75 Å². The lowest BCUT2D eigenvalue weighted by molar-refractivity contribution is -0.176. The standard InChI is InChI=1S/C10H9F3O3/c1-16-7-5-3-2-4-6(7)8(9(14)15)10(11,12)13/h2-5,8H,1H3,(H,14,15). The Morgan fingerprint density at radius 2 is 1.94 bits per heavy atom. The van der Waals surface area contributed by atoms with Gasteiger partial charge in [0.2, 0.25) is 0 Å². The molecule has 0 aromatic heterocycles. The highest BCUT2D eigenvalue weighted by Gasteiger charge is 2.47. The number of methoxy groups -OCH3 is 1. The van der Waals surface area contributed by atoms with Crippen molar-refractivity contribution in [3.05, 3.63) is 29.8 Å². The number of benzene rings is 1. The fourth-order valence-electron chi connectivity index (χ4n) is 1.35. The topological polar surface area (TPSA) is 46.5 Å². The Morgan fingerprint density at radius 3 is 2.38 bits per heavy atom. The van der Waals surface area contributed by atoms with Gasteiger partial charge < -0.3 is 9.84 Å². The van der Waals surface area contributed by atoms with E-state index in [1.54, 1.807) is 0 Å². The van der Waals surface area contributed by atoms with Crippen molar-refractivity contribution in [1.29, 1.82) is 0 Å². The molecule has 0 radical (unpaired) electrons. The molecule has 0 aliphatic carbocycles. The number of carbonyl (C=O) groups is 1. The van der Waals surface area contributed by atoms with Crippen LogP contribution < -0.4 is 4.74 Å². The molecule has 0 spiro atoms. The van der Waals surface area contributed by atoms with E-state index >= 15 is 0 Å². The van der Waals surface area contributed by atoms with E-state index in [9.17, 15) is 18.0 Å². The highest BCUT2D eigenvalue weighted by atomic mass is 19.4. The summed E-state index contributed by atoms with van der Waals surface area (Å²) in [6, 6.07) is 5.18. The number of ether oxygens (including phenoxy) is 1. The maximum absolute atomic E-state index is 12.5. The molecule has 0 saturated carbocycles. The summed E-state index contributed by atoms with van der Waals surface area (Å²) in [7, 11) is 1.19. The van der Waals surface area contributed by atoms with Gasteiger partial charge in [-0.15, -0.1) is 0 Å². The predicted octanol–water partition coefficient (Wildman–Crippen LogP) is 2.43. The number of para-hydroxylation sites is 1. The van der Waals surface area contributed by atoms with Gasteiger partial charge in [0.05, 0.1) is 7.11 Å². The van der Waals surface area contributed by atoms with Crippen molar-refractivity contribution in [3.8, 4) is 5.75 Å². The van der Waals surface area contributed by atoms with Crippen LogP contribution in [0.4, 0.5) is 13.2 Å². The van der Waals surface area contributed by atoms with Gasteiger partial charge in [0.1, 0.15) is 5.75 Å². The van der Waals surface area contributed by atoms with Crippen LogP contribution in [0.2, 0.25) is 0 Å². The Labute approximate surface area is 89.5 Å². The van der Waals surface area contributed by atoms with Crippen molar-refractivity contribution < 1.29 is 27.8 Å². The Hall–Kier alpha value is -1.72. The number of aliphatic carboxylic acids is 1. The second kappa shape index (κ2) is 4.42. The number of rotatable bonds is 3. The van der Waals surface area contributed by atoms with Crippen LogP contribution >= 0.6 is 0 Å². The van der Waals surface area contributed by atoms with Crippen molar-refractivity contribution in [2.75, 3.05) is 7.11 Å². The number of carboxylic acids is 1. The van der Waals surface area contributed by atoms with Gasteiger partial charge in [-0.2, -0.15) is 13.2 Å². The third-order valence-corrected chi connectivity index (χ3v) is 2.02. The molecule has 1 atom stereocenters. The molecule has 1 unspecified atom stereocenters. The van der Waals surface area contributed by atoms with Crippen molar-refractivity contribution in [3.63, 3.8) is 0 Å². The van der Waals surface area contributed by atoms with Gasteiger partial charge in [-0.25, -0.2) is 0 Å². The van der Waals surface area contributed by atoms with Crippen LogP contribution in [0.3, 0.4) is 0 Å². The Bertz CT molecular complexity index is 387. The van der Waals surface area contributed by atoms with Gasteiger partial charge in [-0.3, -0.25) is 4.79 Å². The fraction of sp³-hybridized carbons (Fsp3) is 0.300. The highest BCUT2D eigenvalue weighted by Crippen LogP contribution is 2.38. The molecule has 0 fully saturated rings. The normalized spacial score (nSPS) is 13.2. The summed E-state index contributed by atoms with van der Waals surface area (Å²) in [5.74, 6) is -4.60. The molecule has 1 aromatic carbocycles. The summed E-state index contributed by atoms with van der Waals surface area (Å²) in [6.07, 6.45) is -4.85. The predicted molar refractivity (Wildman–Crippen MR) is 49.4 cm³/mol. The minimum absolute atomic E-state index is 0.0905. The average Bonchev–Trinajstić information content (AvgIpc) is 2.15. The van der Waals surface area contributed by atoms with Crippen LogP contribution in [-0.4, -0.2) is 24.4 Å². The SMILES string of the molecule is COc1ccccc1C(C(=O)O)C(F)(F)F. The minimum Gasteiger partial charge on any atom is -0.496 e. The second-order valence-corrected chi connectivity index (χ2v) is 3.05. The maximum Gasteiger partial charge on any atom is 0.406 e. The van der Waals surface area contributed by atoms with E-state index < -0.39 is 23.6 Å². The first-order valence-corrected chi connectivity index (χ1v) is 4.30. The van der Waals surface area contributed by atoms with E-state index in [2.05, 4.69) is 0 Å². The average molecular weight is 234 g/mol. The molecule has 0 aliphatic rings. The van der Waals surface area contributed by atoms with Crippen LogP contribution in [0.15, 0.2) is 24.3 Å². The number of hydrogen-bond donors (Lipinski definition) is 1. The molecule has 0 aliphatic heterocycles. The number of hydrogen-bond acceptors (Lipinski definition) is 2. The molecule has 0 bridgehead atoms. The summed E-state index contributed by atoms with van der Waals surface area (Å²) in [6.45, 7) is 0. The van der Waals surface area contributed by atoms with Crippen LogP contribution in [0.1, 0.15) is 11.5 Å². The maximum atomic E-state index is 12.5. The van der Waals surface area contributed by atoms with E-state index in [0.29, 0.717) is 0 Å². The van der Waals surface area contributed by atoms with Crippen molar-refractivity contribution in [2.45, 2.75) is 12.1 Å². The molecule has 16 heavy (non-hydrogen) atoms. The van der Waals surface area contributed by atoms with E-state index in [1.807, 2.05) is 0 Å². The van der Waals surface area contributed by atoms with E-state index in [1.165, 1.54) is 25.3 Å². The summed E-state index contributed by atoms with van der Waals surface area (Å²) in [5, 5.41) is 8.61. The van der Waals surface area contributed by atoms with Gasteiger partial charge in [-0.05, 0) is 6.07 Å². The highest BCUT2D eigenvalue weighted by molar-refractivity contribution is 5.78. The van der Waals surface area contributed by atoms with Crippen LogP contribution in [-0.2, 0) is 4.79 Å². The van der Waals surface area contributed by atoms with E-state index in [4.69, 9.17) is 9.84 Å². The zero-order chi connectivity index (χ0) is 12.3. The number of carboxylic acid groups (broad SMARTS) is 1. The van der Waals surface area contributed by atoms with Crippen LogP contribution in [0.5, 0.6) is 5.75 Å². The molecular weight excluding hydrogens is 225 g/mol. The van der Waals surface area contributed by atoms with Crippen LogP contribution in [0, 0.1) is 0 Å². The summed E-state index contributed by atoms with van der Waals surface area (Å²) >= 11 is 0. The van der Waals surface area contributed by atoms with Crippen molar-refractivity contribution in [2.24, 2.45) is 0 Å². The zero-order valence-corrected chi connectivity index (χ0v) is 8.28. The minimum atomic E-state index is -4.85. The Balaban J connectivity index is 3.27. The lowest BCUT2D eigenvalue weighted by Crippen LogP contribution is -2.28. The lowest BCUT2D eigenvalue weighted by Gasteiger charge is -2.18. The van der Waals surface area contributed by atoms with Gasteiger partial charge in [0.15, 0.2) is 5.92 Å². The smallest absolute Gasteiger partial charge is 0.406 e. The summed E-state index contributed by atoms with van der Waals surface area (Å²) < 4.78 is 42.3. The monoisotopic (exact) mass is 234 g/mol. The molecule has 0 saturated heterocycles. The zero-order valence-electron chi connectivity index (χ0n) is 8.28. The van der Waals surface area contributed by atoms with Gasteiger partial charge in [-0.1, -0.05) is 18.2 Å². The lowest BCUT2D eigenvalue weighted by atomic mass is 9.98. The third-order valence-electron chi connectivity index (χ3n) is 2.02. The first-order chi connectivity index (χ1) is 7.38. The fourth-order valence-corrected chi connectivity index (χ4v) is 1.35. The van der Waals surface area contributed by atoms with Crippen molar-refractivity contribution >= 4 is 5.97 Å². The van der Waals surface area contributed by atoms with Crippen LogP contribution in [0.25, 0.3) is 0 Å². The molecule has 1 N–H and O–H groups in total. The van der Waals surface area contributed by atoms with Gasteiger partial charge in [0, 0.05) is 5.56 Å². The Morgan fingerprint density at radius 1 is 1.38 bits per heavy atom. The summed E-state index contributed by atoms with van der Waals surface area (Å²) in [4.78, 5) is 10.6. The molecular formula is C10H9F3O3. The quantitative estimate of drug-likeness (QED) is 0.873. The molecule has 1 rings (SSSR count). The molecule has 88 valence electrons. The summed E-state index contributed by atoms with van der Waals surface area (Å²) in [5.41, 5.74) is -0.398. The van der Waals surface area contributed by atoms with Gasteiger partial charge in [0.25, 0.3) is 0 Å². The number of alkyl halides is 3. The Kier molecular flexibility index (Phi) is 3.41. The number of halogens is 3. The second-order valence-electron chi connectivity index (χ2n) is 3.05. The molecule has 1 aromatic rings. The molecule has 6 heteroatoms. The van der Waals surface area contributed by atoms with Crippen molar-refractivity contribution in [1.82, 2.24) is 0 Å². The molecule has 3 nitrogen and oxygen atoms in total.